The SMILES string of the molecule is O=C(O)c1ccc(S(=O)(=O)NC2(C(F)(F)F)NC(=O)N(C3CCCCC3)C2=O)cc1. The predicted octanol–water partition coefficient (Wildman–Crippen LogP) is 1.81. The van der Waals surface area contributed by atoms with Gasteiger partial charge in [-0.1, -0.05) is 19.3 Å². The topological polar surface area (TPSA) is 133 Å². The second-order valence-electron chi connectivity index (χ2n) is 7.08. The average Bonchev–Trinajstić information content (AvgIpc) is 2.92. The van der Waals surface area contributed by atoms with Crippen molar-refractivity contribution in [2.75, 3.05) is 0 Å². The number of carboxylic acid groups (broad SMARTS) is 1. The van der Waals surface area contributed by atoms with Crippen LogP contribution in [0.25, 0.3) is 0 Å². The summed E-state index contributed by atoms with van der Waals surface area (Å²) in [6.45, 7) is 0. The Hall–Kier alpha value is -2.67. The summed E-state index contributed by atoms with van der Waals surface area (Å²) in [5, 5.41) is 10.3. The minimum Gasteiger partial charge on any atom is -0.478 e. The molecule has 164 valence electrons. The Labute approximate surface area is 169 Å². The molecule has 1 aromatic carbocycles. The minimum absolute atomic E-state index is 0.284. The van der Waals surface area contributed by atoms with Crippen molar-refractivity contribution >= 4 is 27.9 Å². The van der Waals surface area contributed by atoms with Gasteiger partial charge in [-0.2, -0.15) is 17.9 Å². The summed E-state index contributed by atoms with van der Waals surface area (Å²) >= 11 is 0. The lowest BCUT2D eigenvalue weighted by molar-refractivity contribution is -0.198. The summed E-state index contributed by atoms with van der Waals surface area (Å²) in [4.78, 5) is 35.7. The number of halogens is 3. The third-order valence-corrected chi connectivity index (χ3v) is 6.58. The summed E-state index contributed by atoms with van der Waals surface area (Å²) in [6.07, 6.45) is -2.74. The van der Waals surface area contributed by atoms with Crippen molar-refractivity contribution < 1.29 is 41.1 Å². The molecule has 0 aromatic heterocycles. The number of nitrogens with one attached hydrogen (secondary N) is 2. The maximum absolute atomic E-state index is 13.9. The van der Waals surface area contributed by atoms with E-state index in [1.807, 2.05) is 0 Å². The van der Waals surface area contributed by atoms with Crippen molar-refractivity contribution in [2.24, 2.45) is 0 Å². The average molecular weight is 449 g/mol. The van der Waals surface area contributed by atoms with Crippen molar-refractivity contribution in [1.82, 2.24) is 14.9 Å². The van der Waals surface area contributed by atoms with E-state index in [1.165, 1.54) is 10.0 Å². The van der Waals surface area contributed by atoms with Crippen molar-refractivity contribution in [3.63, 3.8) is 0 Å². The molecule has 1 saturated carbocycles. The normalized spacial score (nSPS) is 23.5. The van der Waals surface area contributed by atoms with Gasteiger partial charge in [-0.05, 0) is 37.1 Å². The molecule has 1 aliphatic carbocycles. The maximum atomic E-state index is 13.9. The van der Waals surface area contributed by atoms with E-state index in [4.69, 9.17) is 5.11 Å². The van der Waals surface area contributed by atoms with Crippen LogP contribution in [0, 0.1) is 0 Å². The maximum Gasteiger partial charge on any atom is 0.435 e. The summed E-state index contributed by atoms with van der Waals surface area (Å²) < 4.78 is 68.2. The molecule has 3 amide bonds. The van der Waals surface area contributed by atoms with Crippen LogP contribution >= 0.6 is 0 Å². The van der Waals surface area contributed by atoms with Crippen LogP contribution in [0.15, 0.2) is 29.2 Å². The minimum atomic E-state index is -5.47. The Kier molecular flexibility index (Phi) is 5.54. The van der Waals surface area contributed by atoms with Crippen molar-refractivity contribution in [1.29, 1.82) is 0 Å². The van der Waals surface area contributed by atoms with Crippen LogP contribution < -0.4 is 10.0 Å². The highest BCUT2D eigenvalue weighted by Gasteiger charge is 2.70. The summed E-state index contributed by atoms with van der Waals surface area (Å²) in [5.41, 5.74) is -4.14. The molecule has 2 aliphatic rings. The number of hydrogen-bond acceptors (Lipinski definition) is 5. The van der Waals surface area contributed by atoms with Gasteiger partial charge < -0.3 is 10.4 Å². The number of alkyl halides is 3. The number of hydrogen-bond donors (Lipinski definition) is 3. The number of rotatable bonds is 5. The first-order valence-electron chi connectivity index (χ1n) is 8.99. The molecule has 3 rings (SSSR count). The number of sulfonamides is 1. The van der Waals surface area contributed by atoms with E-state index in [0.717, 1.165) is 30.7 Å². The van der Waals surface area contributed by atoms with Crippen LogP contribution in [0.2, 0.25) is 0 Å². The first kappa shape index (κ1) is 22.0. The second kappa shape index (κ2) is 7.54. The molecule has 1 aliphatic heterocycles. The molecule has 30 heavy (non-hydrogen) atoms. The fraction of sp³-hybridized carbons (Fsp3) is 0.471. The molecule has 1 heterocycles. The number of carboxylic acids is 1. The molecule has 0 spiro atoms. The zero-order chi connectivity index (χ0) is 22.3. The first-order chi connectivity index (χ1) is 13.9. The fourth-order valence-corrected chi connectivity index (χ4v) is 4.84. The number of carbonyl (C=O) groups excluding carboxylic acids is 2. The molecule has 0 bridgehead atoms. The molecular weight excluding hydrogens is 431 g/mol. The molecule has 9 nitrogen and oxygen atoms in total. The quantitative estimate of drug-likeness (QED) is 0.588. The lowest BCUT2D eigenvalue weighted by Gasteiger charge is -2.32. The van der Waals surface area contributed by atoms with Crippen LogP contribution in [0.5, 0.6) is 0 Å². The smallest absolute Gasteiger partial charge is 0.435 e. The van der Waals surface area contributed by atoms with E-state index in [0.29, 0.717) is 30.6 Å². The molecular formula is C17H18F3N3O6S. The monoisotopic (exact) mass is 449 g/mol. The number of imide groups is 1. The first-order valence-corrected chi connectivity index (χ1v) is 10.5. The summed E-state index contributed by atoms with van der Waals surface area (Å²) in [7, 11) is -4.96. The third kappa shape index (κ3) is 3.74. The molecule has 1 aromatic rings. The van der Waals surface area contributed by atoms with E-state index in [2.05, 4.69) is 0 Å². The van der Waals surface area contributed by atoms with Gasteiger partial charge in [-0.15, -0.1) is 0 Å². The molecule has 1 unspecified atom stereocenters. The summed E-state index contributed by atoms with van der Waals surface area (Å²) in [6, 6.07) is 1.27. The van der Waals surface area contributed by atoms with E-state index in [9.17, 15) is 36.0 Å². The molecule has 1 saturated heterocycles. The molecule has 1 atom stereocenters. The molecule has 13 heteroatoms. The molecule has 3 N–H and O–H groups in total. The summed E-state index contributed by atoms with van der Waals surface area (Å²) in [5.74, 6) is -3.10. The Balaban J connectivity index is 1.97. The number of carbonyl (C=O) groups is 3. The van der Waals surface area contributed by atoms with Gasteiger partial charge in [0.15, 0.2) is 0 Å². The van der Waals surface area contributed by atoms with E-state index in [1.54, 1.807) is 0 Å². The number of amides is 3. The van der Waals surface area contributed by atoms with Crippen LogP contribution in [-0.4, -0.2) is 54.2 Å². The largest absolute Gasteiger partial charge is 0.478 e. The van der Waals surface area contributed by atoms with Crippen LogP contribution in [-0.2, 0) is 14.8 Å². The zero-order valence-electron chi connectivity index (χ0n) is 15.4. The van der Waals surface area contributed by atoms with E-state index >= 15 is 0 Å². The molecule has 0 radical (unpaired) electrons. The van der Waals surface area contributed by atoms with Crippen LogP contribution in [0.4, 0.5) is 18.0 Å². The van der Waals surface area contributed by atoms with E-state index in [-0.39, 0.29) is 5.56 Å². The standard InChI is InChI=1S/C17H18F3N3O6S/c18-17(19,20)16(14(26)23(15(27)21-16)11-4-2-1-3-5-11)22-30(28,29)12-8-6-10(7-9-12)13(24)25/h6-9,11,22H,1-5H2,(H,21,27)(H,24,25). The highest BCUT2D eigenvalue weighted by Crippen LogP contribution is 2.37. The van der Waals surface area contributed by atoms with Gasteiger partial charge in [0.05, 0.1) is 10.5 Å². The van der Waals surface area contributed by atoms with Crippen molar-refractivity contribution in [2.45, 2.75) is 54.9 Å². The van der Waals surface area contributed by atoms with Crippen molar-refractivity contribution in [3.05, 3.63) is 29.8 Å². The van der Waals surface area contributed by atoms with Crippen molar-refractivity contribution in [3.8, 4) is 0 Å². The predicted molar refractivity (Wildman–Crippen MR) is 94.8 cm³/mol. The molecule has 2 fully saturated rings. The van der Waals surface area contributed by atoms with Gasteiger partial charge >= 0.3 is 18.2 Å². The van der Waals surface area contributed by atoms with E-state index < -0.39 is 50.7 Å². The number of aromatic carboxylic acids is 1. The Morgan fingerprint density at radius 2 is 1.70 bits per heavy atom. The van der Waals surface area contributed by atoms with Gasteiger partial charge in [0.25, 0.3) is 11.6 Å². The second-order valence-corrected chi connectivity index (χ2v) is 8.76. The van der Waals surface area contributed by atoms with Crippen LogP contribution in [0.3, 0.4) is 0 Å². The number of nitrogens with zero attached hydrogens (tertiary/aromatic N) is 1. The Morgan fingerprint density at radius 1 is 1.13 bits per heavy atom. The van der Waals surface area contributed by atoms with Gasteiger partial charge in [-0.25, -0.2) is 18.0 Å². The highest BCUT2D eigenvalue weighted by atomic mass is 32.2. The Morgan fingerprint density at radius 3 is 2.20 bits per heavy atom. The number of urea groups is 1. The fourth-order valence-electron chi connectivity index (χ4n) is 3.57. The van der Waals surface area contributed by atoms with Gasteiger partial charge in [0, 0.05) is 6.04 Å². The van der Waals surface area contributed by atoms with Gasteiger partial charge in [0.2, 0.25) is 10.0 Å². The number of benzene rings is 1. The third-order valence-electron chi connectivity index (χ3n) is 5.12. The van der Waals surface area contributed by atoms with Gasteiger partial charge in [0.1, 0.15) is 0 Å². The zero-order valence-corrected chi connectivity index (χ0v) is 16.2. The van der Waals surface area contributed by atoms with Gasteiger partial charge in [-0.3, -0.25) is 9.69 Å². The van der Waals surface area contributed by atoms with Crippen LogP contribution in [0.1, 0.15) is 42.5 Å². The lowest BCUT2D eigenvalue weighted by Crippen LogP contribution is -2.69. The lowest BCUT2D eigenvalue weighted by atomic mass is 9.94. The highest BCUT2D eigenvalue weighted by molar-refractivity contribution is 7.89. The Bertz CT molecular complexity index is 973.